The first-order valence-corrected chi connectivity index (χ1v) is 8.32. The number of ether oxygens (including phenoxy) is 1. The van der Waals surface area contributed by atoms with Crippen molar-refractivity contribution in [1.82, 2.24) is 14.9 Å². The Kier molecular flexibility index (Phi) is 4.23. The second-order valence-corrected chi connectivity index (χ2v) is 6.92. The van der Waals surface area contributed by atoms with E-state index < -0.39 is 0 Å². The molecular formula is C16H18N4O3S. The van der Waals surface area contributed by atoms with Crippen molar-refractivity contribution in [1.29, 1.82) is 0 Å². The van der Waals surface area contributed by atoms with Crippen LogP contribution in [-0.4, -0.2) is 40.3 Å². The number of aryl methyl sites for hydroxylation is 2. The van der Waals surface area contributed by atoms with Crippen LogP contribution < -0.4 is 10.1 Å². The third-order valence-electron chi connectivity index (χ3n) is 3.93. The molecule has 24 heavy (non-hydrogen) atoms. The highest BCUT2D eigenvalue weighted by Crippen LogP contribution is 2.30. The highest BCUT2D eigenvalue weighted by molar-refractivity contribution is 7.11. The molecule has 8 heteroatoms. The van der Waals surface area contributed by atoms with Gasteiger partial charge in [0.1, 0.15) is 5.69 Å². The number of carbonyl (C=O) groups excluding carboxylic acids is 2. The normalized spacial score (nSPS) is 14.4. The van der Waals surface area contributed by atoms with Crippen molar-refractivity contribution in [2.75, 3.05) is 19.0 Å². The number of aromatic nitrogens is 2. The van der Waals surface area contributed by atoms with Gasteiger partial charge in [-0.2, -0.15) is 0 Å². The van der Waals surface area contributed by atoms with Gasteiger partial charge in [-0.3, -0.25) is 9.59 Å². The summed E-state index contributed by atoms with van der Waals surface area (Å²) < 4.78 is 5.21. The van der Waals surface area contributed by atoms with E-state index in [2.05, 4.69) is 15.3 Å². The molecule has 0 bridgehead atoms. The molecule has 126 valence electrons. The van der Waals surface area contributed by atoms with Crippen LogP contribution in [0.5, 0.6) is 5.88 Å². The van der Waals surface area contributed by atoms with Crippen LogP contribution >= 0.6 is 11.3 Å². The van der Waals surface area contributed by atoms with E-state index in [4.69, 9.17) is 4.74 Å². The molecule has 0 fully saturated rings. The third kappa shape index (κ3) is 2.96. The van der Waals surface area contributed by atoms with Crippen LogP contribution in [0.4, 0.5) is 5.69 Å². The van der Waals surface area contributed by atoms with Gasteiger partial charge in [-0.1, -0.05) is 0 Å². The molecule has 2 aromatic heterocycles. The van der Waals surface area contributed by atoms with Crippen LogP contribution in [0.15, 0.2) is 12.3 Å². The van der Waals surface area contributed by atoms with Gasteiger partial charge < -0.3 is 15.0 Å². The number of rotatable bonds is 3. The summed E-state index contributed by atoms with van der Waals surface area (Å²) in [6.45, 7) is 5.80. The maximum atomic E-state index is 12.8. The number of hydrogen-bond donors (Lipinski definition) is 1. The van der Waals surface area contributed by atoms with E-state index in [-0.39, 0.29) is 24.5 Å². The molecule has 3 rings (SSSR count). The van der Waals surface area contributed by atoms with Crippen LogP contribution in [0, 0.1) is 13.8 Å². The average Bonchev–Trinajstić information content (AvgIpc) is 2.90. The van der Waals surface area contributed by atoms with E-state index in [1.807, 2.05) is 20.8 Å². The lowest BCUT2D eigenvalue weighted by molar-refractivity contribution is -0.118. The first-order valence-electron chi connectivity index (χ1n) is 7.50. The molecule has 7 nitrogen and oxygen atoms in total. The number of amides is 2. The van der Waals surface area contributed by atoms with Crippen molar-refractivity contribution < 1.29 is 14.3 Å². The first kappa shape index (κ1) is 16.4. The Hall–Kier alpha value is -2.48. The van der Waals surface area contributed by atoms with Crippen molar-refractivity contribution >= 4 is 28.8 Å². The lowest BCUT2D eigenvalue weighted by Gasteiger charge is -2.25. The van der Waals surface area contributed by atoms with E-state index in [1.165, 1.54) is 6.20 Å². The van der Waals surface area contributed by atoms with E-state index in [9.17, 15) is 9.59 Å². The molecule has 0 spiro atoms. The second kappa shape index (κ2) is 6.20. The standard InChI is InChI=1S/C16H18N4O3S/c1-8-14(24-10(3)18-8)9(2)20(4)16(22)11-5-12-15(17-6-11)23-7-13(21)19-12/h5-6,9H,7H2,1-4H3,(H,19,21). The number of fused-ring (bicyclic) bond motifs is 1. The highest BCUT2D eigenvalue weighted by Gasteiger charge is 2.25. The fourth-order valence-corrected chi connectivity index (χ4v) is 3.61. The number of nitrogens with zero attached hydrogens (tertiary/aromatic N) is 3. The fourth-order valence-electron chi connectivity index (χ4n) is 2.58. The highest BCUT2D eigenvalue weighted by atomic mass is 32.1. The lowest BCUT2D eigenvalue weighted by atomic mass is 10.1. The SMILES string of the molecule is Cc1nc(C)c(C(C)N(C)C(=O)c2cnc3c(c2)NC(=O)CO3)s1. The average molecular weight is 346 g/mol. The largest absolute Gasteiger partial charge is 0.466 e. The van der Waals surface area contributed by atoms with Crippen LogP contribution in [-0.2, 0) is 4.79 Å². The molecule has 1 aliphatic rings. The maximum Gasteiger partial charge on any atom is 0.262 e. The quantitative estimate of drug-likeness (QED) is 0.922. The molecule has 2 aromatic rings. The molecular weight excluding hydrogens is 328 g/mol. The van der Waals surface area contributed by atoms with Gasteiger partial charge in [-0.15, -0.1) is 11.3 Å². The van der Waals surface area contributed by atoms with Gasteiger partial charge >= 0.3 is 0 Å². The molecule has 1 atom stereocenters. The zero-order valence-electron chi connectivity index (χ0n) is 13.9. The fraction of sp³-hybridized carbons (Fsp3) is 0.375. The Labute approximate surface area is 143 Å². The molecule has 0 saturated heterocycles. The Morgan fingerprint density at radius 1 is 1.46 bits per heavy atom. The van der Waals surface area contributed by atoms with Gasteiger partial charge in [-0.05, 0) is 26.8 Å². The summed E-state index contributed by atoms with van der Waals surface area (Å²) in [5.41, 5.74) is 1.75. The number of hydrogen-bond acceptors (Lipinski definition) is 6. The predicted octanol–water partition coefficient (Wildman–Crippen LogP) is 2.32. The molecule has 3 heterocycles. The number of thiazole rings is 1. The summed E-state index contributed by atoms with van der Waals surface area (Å²) >= 11 is 1.59. The van der Waals surface area contributed by atoms with Gasteiger partial charge in [0.15, 0.2) is 6.61 Å². The van der Waals surface area contributed by atoms with E-state index in [0.717, 1.165) is 15.6 Å². The van der Waals surface area contributed by atoms with Crippen LogP contribution in [0.3, 0.4) is 0 Å². The van der Waals surface area contributed by atoms with Crippen molar-refractivity contribution in [3.8, 4) is 5.88 Å². The van der Waals surface area contributed by atoms with Crippen molar-refractivity contribution in [2.24, 2.45) is 0 Å². The van der Waals surface area contributed by atoms with Crippen molar-refractivity contribution in [3.05, 3.63) is 33.4 Å². The predicted molar refractivity (Wildman–Crippen MR) is 90.5 cm³/mol. The van der Waals surface area contributed by atoms with Crippen molar-refractivity contribution in [3.63, 3.8) is 0 Å². The Balaban J connectivity index is 1.84. The molecule has 0 radical (unpaired) electrons. The van der Waals surface area contributed by atoms with E-state index in [1.54, 1.807) is 29.4 Å². The zero-order valence-corrected chi connectivity index (χ0v) is 14.7. The minimum Gasteiger partial charge on any atom is -0.466 e. The van der Waals surface area contributed by atoms with E-state index >= 15 is 0 Å². The monoisotopic (exact) mass is 346 g/mol. The minimum absolute atomic E-state index is 0.0613. The molecule has 0 aliphatic carbocycles. The molecule has 1 unspecified atom stereocenters. The maximum absolute atomic E-state index is 12.8. The molecule has 0 saturated carbocycles. The minimum atomic E-state index is -0.258. The van der Waals surface area contributed by atoms with E-state index in [0.29, 0.717) is 17.1 Å². The summed E-state index contributed by atoms with van der Waals surface area (Å²) in [5, 5.41) is 3.64. The van der Waals surface area contributed by atoms with Crippen molar-refractivity contribution in [2.45, 2.75) is 26.8 Å². The summed E-state index contributed by atoms with van der Waals surface area (Å²) in [6, 6.07) is 1.49. The summed E-state index contributed by atoms with van der Waals surface area (Å²) in [6.07, 6.45) is 1.46. The smallest absolute Gasteiger partial charge is 0.262 e. The molecule has 1 aliphatic heterocycles. The zero-order chi connectivity index (χ0) is 17.4. The van der Waals surface area contributed by atoms with Crippen LogP contribution in [0.2, 0.25) is 0 Å². The van der Waals surface area contributed by atoms with Crippen LogP contribution in [0.25, 0.3) is 0 Å². The summed E-state index contributed by atoms with van der Waals surface area (Å²) in [7, 11) is 1.75. The van der Waals surface area contributed by atoms with Gasteiger partial charge in [-0.25, -0.2) is 9.97 Å². The molecule has 0 aromatic carbocycles. The summed E-state index contributed by atoms with van der Waals surface area (Å²) in [4.78, 5) is 35.4. The first-order chi connectivity index (χ1) is 11.4. The number of nitrogens with one attached hydrogen (secondary N) is 1. The second-order valence-electron chi connectivity index (χ2n) is 5.69. The Morgan fingerprint density at radius 3 is 2.88 bits per heavy atom. The van der Waals surface area contributed by atoms with Gasteiger partial charge in [0.2, 0.25) is 5.88 Å². The number of anilines is 1. The van der Waals surface area contributed by atoms with Gasteiger partial charge in [0.25, 0.3) is 11.8 Å². The third-order valence-corrected chi connectivity index (χ3v) is 5.18. The Bertz CT molecular complexity index is 818. The van der Waals surface area contributed by atoms with Gasteiger partial charge in [0, 0.05) is 18.1 Å². The topological polar surface area (TPSA) is 84.4 Å². The number of carbonyl (C=O) groups is 2. The lowest BCUT2D eigenvalue weighted by Crippen LogP contribution is -2.30. The summed E-state index contributed by atoms with van der Waals surface area (Å²) in [5.74, 6) is -0.106. The van der Waals surface area contributed by atoms with Crippen LogP contribution in [0.1, 0.15) is 38.9 Å². The Morgan fingerprint density at radius 2 is 2.21 bits per heavy atom. The number of pyridine rings is 1. The molecule has 2 amide bonds. The van der Waals surface area contributed by atoms with Gasteiger partial charge in [0.05, 0.1) is 22.3 Å². The molecule has 1 N–H and O–H groups in total.